The third-order valence-electron chi connectivity index (χ3n) is 1.87. The van der Waals surface area contributed by atoms with Crippen LogP contribution < -0.4 is 9.47 Å². The number of hydrogen-bond donors (Lipinski definition) is 1. The fourth-order valence-corrected chi connectivity index (χ4v) is 1.12. The Bertz CT molecular complexity index is 404. The minimum atomic E-state index is -0.735. The second kappa shape index (κ2) is 4.54. The molecule has 0 atom stereocenters. The van der Waals surface area contributed by atoms with Crippen LogP contribution in [0.4, 0.5) is 4.39 Å². The quantitative estimate of drug-likeness (QED) is 0.608. The van der Waals surface area contributed by atoms with Gasteiger partial charge in [0.05, 0.1) is 26.0 Å². The molecule has 0 saturated heterocycles. The monoisotopic (exact) mass is 211 g/mol. The van der Waals surface area contributed by atoms with Crippen LogP contribution in [-0.2, 0) is 0 Å². The lowest BCUT2D eigenvalue weighted by Crippen LogP contribution is -2.04. The maximum Gasteiger partial charge on any atom is 0.206 e. The molecule has 0 amide bonds. The molecule has 4 nitrogen and oxygen atoms in total. The number of hydrogen-bond acceptors (Lipinski definition) is 4. The molecule has 0 aliphatic rings. The van der Waals surface area contributed by atoms with Gasteiger partial charge in [-0.25, -0.2) is 4.39 Å². The first kappa shape index (κ1) is 11.2. The highest BCUT2D eigenvalue weighted by Gasteiger charge is 2.15. The number of ketones is 1. The van der Waals surface area contributed by atoms with E-state index in [1.165, 1.54) is 20.3 Å². The van der Waals surface area contributed by atoms with Crippen LogP contribution in [0.1, 0.15) is 10.4 Å². The number of methoxy groups -OCH3 is 2. The first-order chi connectivity index (χ1) is 7.13. The summed E-state index contributed by atoms with van der Waals surface area (Å²) in [6.45, 7) is 0. The van der Waals surface area contributed by atoms with E-state index in [0.29, 0.717) is 6.21 Å². The molecule has 1 aromatic carbocycles. The maximum absolute atomic E-state index is 13.3. The predicted octanol–water partition coefficient (Wildman–Crippen LogP) is 1.68. The van der Waals surface area contributed by atoms with Crippen molar-refractivity contribution in [1.82, 2.24) is 0 Å². The van der Waals surface area contributed by atoms with Crippen molar-refractivity contribution in [3.8, 4) is 11.5 Å². The SMILES string of the molecule is COc1cc(F)c(C(=O)C=N)cc1OC. The van der Waals surface area contributed by atoms with Crippen molar-refractivity contribution in [2.45, 2.75) is 0 Å². The summed E-state index contributed by atoms with van der Waals surface area (Å²) in [7, 11) is 2.75. The molecule has 1 aromatic rings. The minimum Gasteiger partial charge on any atom is -0.493 e. The molecule has 0 saturated carbocycles. The lowest BCUT2D eigenvalue weighted by molar-refractivity contribution is 0.106. The summed E-state index contributed by atoms with van der Waals surface area (Å²) < 4.78 is 23.1. The van der Waals surface area contributed by atoms with Crippen molar-refractivity contribution in [3.63, 3.8) is 0 Å². The Morgan fingerprint density at radius 3 is 2.33 bits per heavy atom. The van der Waals surface area contributed by atoms with Gasteiger partial charge in [-0.3, -0.25) is 4.79 Å². The molecule has 0 radical (unpaired) electrons. The van der Waals surface area contributed by atoms with E-state index in [1.54, 1.807) is 0 Å². The van der Waals surface area contributed by atoms with Crippen molar-refractivity contribution < 1.29 is 18.7 Å². The molecular formula is C10H10FNO3. The number of Topliss-reactive ketones (excluding diaryl/α,β-unsaturated/α-hetero) is 1. The highest BCUT2D eigenvalue weighted by atomic mass is 19.1. The predicted molar refractivity (Wildman–Crippen MR) is 52.6 cm³/mol. The molecule has 0 unspecified atom stereocenters. The lowest BCUT2D eigenvalue weighted by Gasteiger charge is -2.08. The summed E-state index contributed by atoms with van der Waals surface area (Å²) >= 11 is 0. The number of halogens is 1. The maximum atomic E-state index is 13.3. The summed E-state index contributed by atoms with van der Waals surface area (Å²) in [6.07, 6.45) is 0.546. The van der Waals surface area contributed by atoms with Gasteiger partial charge in [-0.05, 0) is 6.07 Å². The van der Waals surface area contributed by atoms with E-state index in [-0.39, 0.29) is 17.1 Å². The number of benzene rings is 1. The molecule has 0 aromatic heterocycles. The molecule has 1 rings (SSSR count). The second-order valence-corrected chi connectivity index (χ2v) is 2.70. The van der Waals surface area contributed by atoms with Gasteiger partial charge in [0, 0.05) is 6.07 Å². The van der Waals surface area contributed by atoms with Crippen molar-refractivity contribution in [2.24, 2.45) is 0 Å². The van der Waals surface area contributed by atoms with Crippen LogP contribution in [0.25, 0.3) is 0 Å². The second-order valence-electron chi connectivity index (χ2n) is 2.70. The Balaban J connectivity index is 3.31. The zero-order valence-electron chi connectivity index (χ0n) is 8.33. The van der Waals surface area contributed by atoms with Crippen LogP contribution in [0.2, 0.25) is 0 Å². The van der Waals surface area contributed by atoms with E-state index in [4.69, 9.17) is 14.9 Å². The zero-order valence-corrected chi connectivity index (χ0v) is 8.33. The highest BCUT2D eigenvalue weighted by molar-refractivity contribution is 6.34. The number of ether oxygens (including phenoxy) is 2. The van der Waals surface area contributed by atoms with Gasteiger partial charge in [-0.2, -0.15) is 0 Å². The normalized spacial score (nSPS) is 9.53. The van der Waals surface area contributed by atoms with Gasteiger partial charge < -0.3 is 14.9 Å². The Morgan fingerprint density at radius 2 is 1.87 bits per heavy atom. The Kier molecular flexibility index (Phi) is 3.38. The molecule has 80 valence electrons. The summed E-state index contributed by atoms with van der Waals surface area (Å²) in [5.41, 5.74) is -0.206. The number of carbonyl (C=O) groups is 1. The van der Waals surface area contributed by atoms with Crippen LogP contribution in [0.3, 0.4) is 0 Å². The lowest BCUT2D eigenvalue weighted by atomic mass is 10.1. The van der Waals surface area contributed by atoms with Gasteiger partial charge in [-0.1, -0.05) is 0 Å². The summed E-state index contributed by atoms with van der Waals surface area (Å²) in [5.74, 6) is -0.991. The summed E-state index contributed by atoms with van der Waals surface area (Å²) in [4.78, 5) is 11.1. The van der Waals surface area contributed by atoms with E-state index >= 15 is 0 Å². The molecular weight excluding hydrogens is 201 g/mol. The average Bonchev–Trinajstić information content (AvgIpc) is 2.27. The molecule has 0 spiro atoms. The molecule has 15 heavy (non-hydrogen) atoms. The van der Waals surface area contributed by atoms with E-state index in [2.05, 4.69) is 0 Å². The molecule has 0 fully saturated rings. The number of rotatable bonds is 4. The Morgan fingerprint density at radius 1 is 1.33 bits per heavy atom. The smallest absolute Gasteiger partial charge is 0.206 e. The number of carbonyl (C=O) groups excluding carboxylic acids is 1. The van der Waals surface area contributed by atoms with E-state index in [9.17, 15) is 9.18 Å². The van der Waals surface area contributed by atoms with Crippen LogP contribution in [0.15, 0.2) is 12.1 Å². The van der Waals surface area contributed by atoms with Crippen molar-refractivity contribution >= 4 is 12.0 Å². The molecule has 0 bridgehead atoms. The van der Waals surface area contributed by atoms with Gasteiger partial charge in [0.25, 0.3) is 0 Å². The van der Waals surface area contributed by atoms with E-state index in [1.807, 2.05) is 0 Å². The van der Waals surface area contributed by atoms with E-state index in [0.717, 1.165) is 6.07 Å². The minimum absolute atomic E-state index is 0.205. The zero-order chi connectivity index (χ0) is 11.4. The van der Waals surface area contributed by atoms with Crippen molar-refractivity contribution in [3.05, 3.63) is 23.5 Å². The van der Waals surface area contributed by atoms with Crippen LogP contribution in [0.5, 0.6) is 11.5 Å². The van der Waals surface area contributed by atoms with Crippen molar-refractivity contribution in [2.75, 3.05) is 14.2 Å². The highest BCUT2D eigenvalue weighted by Crippen LogP contribution is 2.29. The first-order valence-electron chi connectivity index (χ1n) is 4.10. The van der Waals surface area contributed by atoms with Gasteiger partial charge >= 0.3 is 0 Å². The largest absolute Gasteiger partial charge is 0.493 e. The van der Waals surface area contributed by atoms with Gasteiger partial charge in [-0.15, -0.1) is 0 Å². The molecule has 1 N–H and O–H groups in total. The molecule has 0 aliphatic carbocycles. The summed E-state index contributed by atoms with van der Waals surface area (Å²) in [5, 5.41) is 6.76. The van der Waals surface area contributed by atoms with Crippen LogP contribution >= 0.6 is 0 Å². The number of nitrogens with one attached hydrogen (secondary N) is 1. The average molecular weight is 211 g/mol. The van der Waals surface area contributed by atoms with Gasteiger partial charge in [0.15, 0.2) is 11.5 Å². The third-order valence-corrected chi connectivity index (χ3v) is 1.87. The van der Waals surface area contributed by atoms with Crippen LogP contribution in [0, 0.1) is 11.2 Å². The fourth-order valence-electron chi connectivity index (χ4n) is 1.12. The Labute approximate surface area is 86.1 Å². The van der Waals surface area contributed by atoms with Crippen molar-refractivity contribution in [1.29, 1.82) is 5.41 Å². The molecule has 0 aliphatic heterocycles. The molecule has 5 heteroatoms. The van der Waals surface area contributed by atoms with Gasteiger partial charge in [0.1, 0.15) is 5.82 Å². The first-order valence-corrected chi connectivity index (χ1v) is 4.10. The third kappa shape index (κ3) is 2.12. The van der Waals surface area contributed by atoms with Gasteiger partial charge in [0.2, 0.25) is 5.78 Å². The topological polar surface area (TPSA) is 59.4 Å². The van der Waals surface area contributed by atoms with Crippen LogP contribution in [-0.4, -0.2) is 26.2 Å². The Hall–Kier alpha value is -1.91. The standard InChI is InChI=1S/C10H10FNO3/c1-14-9-3-6(8(13)5-12)7(11)4-10(9)15-2/h3-5,12H,1-2H3. The fraction of sp³-hybridized carbons (Fsp3) is 0.200. The summed E-state index contributed by atoms with van der Waals surface area (Å²) in [6, 6.07) is 2.26. The molecule has 0 heterocycles. The van der Waals surface area contributed by atoms with E-state index < -0.39 is 11.6 Å².